The third kappa shape index (κ3) is 4.43. The molecule has 3 aromatic rings. The van der Waals surface area contributed by atoms with E-state index >= 15 is 0 Å². The molecule has 4 rings (SSSR count). The molecule has 1 saturated heterocycles. The number of benzene rings is 2. The normalized spacial score (nSPS) is 17.3. The molecule has 6 nitrogen and oxygen atoms in total. The van der Waals surface area contributed by atoms with Crippen molar-refractivity contribution in [3.63, 3.8) is 0 Å². The Morgan fingerprint density at radius 2 is 1.88 bits per heavy atom. The number of para-hydroxylation sites is 1. The van der Waals surface area contributed by atoms with Gasteiger partial charge in [0.25, 0.3) is 11.7 Å². The Balaban J connectivity index is 1.84. The van der Waals surface area contributed by atoms with Crippen molar-refractivity contribution >= 4 is 28.8 Å². The third-order valence-electron chi connectivity index (χ3n) is 5.79. The molecule has 7 heteroatoms. The van der Waals surface area contributed by atoms with Gasteiger partial charge in [0.05, 0.1) is 31.9 Å². The Morgan fingerprint density at radius 1 is 1.09 bits per heavy atom. The van der Waals surface area contributed by atoms with Crippen LogP contribution < -0.4 is 9.47 Å². The summed E-state index contributed by atoms with van der Waals surface area (Å²) in [4.78, 5) is 28.9. The number of ketones is 1. The average Bonchev–Trinajstić information content (AvgIpc) is 3.45. The summed E-state index contributed by atoms with van der Waals surface area (Å²) in [5, 5.41) is 13.3. The highest BCUT2D eigenvalue weighted by Crippen LogP contribution is 2.43. The van der Waals surface area contributed by atoms with E-state index in [2.05, 4.69) is 0 Å². The molecule has 1 unspecified atom stereocenters. The van der Waals surface area contributed by atoms with Gasteiger partial charge in [0.1, 0.15) is 17.3 Å². The number of carbonyl (C=O) groups is 2. The summed E-state index contributed by atoms with van der Waals surface area (Å²) in [7, 11) is 1.54. The Morgan fingerprint density at radius 3 is 2.56 bits per heavy atom. The van der Waals surface area contributed by atoms with Crippen molar-refractivity contribution in [3.8, 4) is 11.5 Å². The summed E-state index contributed by atoms with van der Waals surface area (Å²) in [5.74, 6) is -0.318. The summed E-state index contributed by atoms with van der Waals surface area (Å²) in [6.07, 6.45) is 0.883. The van der Waals surface area contributed by atoms with Crippen LogP contribution in [-0.4, -0.2) is 35.4 Å². The number of Topliss-reactive ketones (excluding diaryl/α,β-unsaturated/α-hetero) is 1. The van der Waals surface area contributed by atoms with E-state index in [4.69, 9.17) is 9.47 Å². The number of nitrogens with zero attached hydrogens (tertiary/aromatic N) is 1. The number of likely N-dealkylation sites (tertiary alicyclic amines) is 1. The first-order valence-corrected chi connectivity index (χ1v) is 12.0. The van der Waals surface area contributed by atoms with Gasteiger partial charge in [-0.15, -0.1) is 11.3 Å². The molecule has 0 saturated carbocycles. The van der Waals surface area contributed by atoms with Gasteiger partial charge in [-0.05, 0) is 54.6 Å². The molecule has 0 radical (unpaired) electrons. The Labute approximate surface area is 203 Å². The van der Waals surface area contributed by atoms with E-state index in [9.17, 15) is 14.7 Å². The van der Waals surface area contributed by atoms with Crippen LogP contribution in [0.3, 0.4) is 0 Å². The highest BCUT2D eigenvalue weighted by molar-refractivity contribution is 7.09. The number of aryl methyl sites for hydroxylation is 1. The SMILES string of the molecule is CCCOc1ccc(/C(O)=C2\C(=O)C(=O)N(Cc3cccs3)C2c2ccccc2OC)cc1C. The second-order valence-electron chi connectivity index (χ2n) is 8.08. The van der Waals surface area contributed by atoms with E-state index in [1.807, 2.05) is 49.6 Å². The van der Waals surface area contributed by atoms with Crippen LogP contribution in [0, 0.1) is 6.92 Å². The van der Waals surface area contributed by atoms with Crippen molar-refractivity contribution < 1.29 is 24.2 Å². The number of aliphatic hydroxyl groups is 1. The van der Waals surface area contributed by atoms with Gasteiger partial charge in [-0.2, -0.15) is 0 Å². The maximum Gasteiger partial charge on any atom is 0.295 e. The van der Waals surface area contributed by atoms with E-state index < -0.39 is 17.7 Å². The van der Waals surface area contributed by atoms with Gasteiger partial charge in [0.15, 0.2) is 0 Å². The minimum absolute atomic E-state index is 0.0488. The number of rotatable bonds is 8. The Bertz CT molecular complexity index is 1230. The standard InChI is InChI=1S/C27H27NO5S/c1-4-13-33-21-12-11-18(15-17(21)2)25(29)23-24(20-9-5-6-10-22(20)32-3)28(27(31)26(23)30)16-19-8-7-14-34-19/h5-12,14-15,24,29H,4,13,16H2,1-3H3/b25-23+. The molecule has 1 fully saturated rings. The van der Waals surface area contributed by atoms with Gasteiger partial charge in [-0.1, -0.05) is 31.2 Å². The first kappa shape index (κ1) is 23.6. The van der Waals surface area contributed by atoms with Crippen LogP contribution in [-0.2, 0) is 16.1 Å². The van der Waals surface area contributed by atoms with E-state index in [-0.39, 0.29) is 17.9 Å². The number of ether oxygens (including phenoxy) is 2. The number of amides is 1. The second kappa shape index (κ2) is 10.1. The van der Waals surface area contributed by atoms with Gasteiger partial charge >= 0.3 is 0 Å². The van der Waals surface area contributed by atoms with Crippen molar-refractivity contribution in [3.05, 3.63) is 87.1 Å². The van der Waals surface area contributed by atoms with Crippen LogP contribution in [0.2, 0.25) is 0 Å². The number of methoxy groups -OCH3 is 1. The predicted molar refractivity (Wildman–Crippen MR) is 132 cm³/mol. The molecule has 2 aromatic carbocycles. The van der Waals surface area contributed by atoms with Crippen molar-refractivity contribution in [2.75, 3.05) is 13.7 Å². The van der Waals surface area contributed by atoms with Crippen molar-refractivity contribution in [1.29, 1.82) is 0 Å². The molecule has 0 bridgehead atoms. The van der Waals surface area contributed by atoms with Crippen LogP contribution in [0.4, 0.5) is 0 Å². The molecule has 1 amide bonds. The summed E-state index contributed by atoms with van der Waals surface area (Å²) < 4.78 is 11.3. The lowest BCUT2D eigenvalue weighted by molar-refractivity contribution is -0.140. The average molecular weight is 478 g/mol. The van der Waals surface area contributed by atoms with Crippen LogP contribution >= 0.6 is 11.3 Å². The topological polar surface area (TPSA) is 76.1 Å². The molecule has 0 spiro atoms. The fourth-order valence-electron chi connectivity index (χ4n) is 4.16. The van der Waals surface area contributed by atoms with Gasteiger partial charge in [-0.3, -0.25) is 9.59 Å². The zero-order valence-electron chi connectivity index (χ0n) is 19.4. The van der Waals surface area contributed by atoms with Crippen LogP contribution in [0.1, 0.15) is 41.0 Å². The number of hydrogen-bond acceptors (Lipinski definition) is 6. The predicted octanol–water partition coefficient (Wildman–Crippen LogP) is 5.48. The third-order valence-corrected chi connectivity index (χ3v) is 6.65. The van der Waals surface area contributed by atoms with E-state index in [0.29, 0.717) is 23.5 Å². The van der Waals surface area contributed by atoms with Gasteiger partial charge < -0.3 is 19.5 Å². The summed E-state index contributed by atoms with van der Waals surface area (Å²) >= 11 is 1.51. The summed E-state index contributed by atoms with van der Waals surface area (Å²) in [5.41, 5.74) is 1.98. The minimum atomic E-state index is -0.783. The Hall–Kier alpha value is -3.58. The molecule has 0 aliphatic carbocycles. The molecular weight excluding hydrogens is 450 g/mol. The number of hydrogen-bond donors (Lipinski definition) is 1. The number of carbonyl (C=O) groups excluding carboxylic acids is 2. The van der Waals surface area contributed by atoms with E-state index in [1.54, 1.807) is 31.4 Å². The molecule has 1 aromatic heterocycles. The Kier molecular flexibility index (Phi) is 7.03. The van der Waals surface area contributed by atoms with Crippen molar-refractivity contribution in [1.82, 2.24) is 4.90 Å². The highest BCUT2D eigenvalue weighted by Gasteiger charge is 2.47. The first-order valence-electron chi connectivity index (χ1n) is 11.1. The lowest BCUT2D eigenvalue weighted by Gasteiger charge is -2.26. The monoisotopic (exact) mass is 477 g/mol. The zero-order chi connectivity index (χ0) is 24.2. The molecular formula is C27H27NO5S. The van der Waals surface area contributed by atoms with Crippen molar-refractivity contribution in [2.45, 2.75) is 32.9 Å². The second-order valence-corrected chi connectivity index (χ2v) is 9.11. The summed E-state index contributed by atoms with van der Waals surface area (Å²) in [6, 6.07) is 15.5. The maximum atomic E-state index is 13.3. The maximum absolute atomic E-state index is 13.3. The highest BCUT2D eigenvalue weighted by atomic mass is 32.1. The molecule has 1 atom stereocenters. The fraction of sp³-hybridized carbons (Fsp3) is 0.259. The van der Waals surface area contributed by atoms with Crippen LogP contribution in [0.5, 0.6) is 11.5 Å². The molecule has 1 aliphatic rings. The van der Waals surface area contributed by atoms with Crippen LogP contribution in [0.15, 0.2) is 65.6 Å². The summed E-state index contributed by atoms with van der Waals surface area (Å²) in [6.45, 7) is 4.76. The zero-order valence-corrected chi connectivity index (χ0v) is 20.2. The van der Waals surface area contributed by atoms with E-state index in [0.717, 1.165) is 22.6 Å². The smallest absolute Gasteiger partial charge is 0.295 e. The van der Waals surface area contributed by atoms with E-state index in [1.165, 1.54) is 16.2 Å². The van der Waals surface area contributed by atoms with Gasteiger partial charge in [-0.25, -0.2) is 0 Å². The van der Waals surface area contributed by atoms with Gasteiger partial charge in [0.2, 0.25) is 0 Å². The quantitative estimate of drug-likeness (QED) is 0.264. The molecule has 1 aliphatic heterocycles. The molecule has 1 N–H and O–H groups in total. The molecule has 176 valence electrons. The van der Waals surface area contributed by atoms with Gasteiger partial charge in [0, 0.05) is 16.0 Å². The van der Waals surface area contributed by atoms with Crippen LogP contribution in [0.25, 0.3) is 5.76 Å². The first-order chi connectivity index (χ1) is 16.5. The molecule has 2 heterocycles. The fourth-order valence-corrected chi connectivity index (χ4v) is 4.86. The molecule has 34 heavy (non-hydrogen) atoms. The number of aliphatic hydroxyl groups excluding tert-OH is 1. The number of thiophene rings is 1. The largest absolute Gasteiger partial charge is 0.507 e. The minimum Gasteiger partial charge on any atom is -0.507 e. The lowest BCUT2D eigenvalue weighted by atomic mass is 9.94. The van der Waals surface area contributed by atoms with Crippen molar-refractivity contribution in [2.24, 2.45) is 0 Å². The lowest BCUT2D eigenvalue weighted by Crippen LogP contribution is -2.29.